The molecule has 0 saturated heterocycles. The molecule has 1 heterocycles. The molecule has 0 amide bonds. The molecular formula is C10H17N3O. The molecule has 0 aliphatic heterocycles. The van der Waals surface area contributed by atoms with E-state index in [4.69, 9.17) is 0 Å². The number of nitrogens with one attached hydrogen (secondary N) is 1. The summed E-state index contributed by atoms with van der Waals surface area (Å²) in [6, 6.07) is 3.74. The molecule has 2 N–H and O–H groups in total. The molecule has 4 nitrogen and oxygen atoms in total. The van der Waals surface area contributed by atoms with Gasteiger partial charge in [0.2, 0.25) is 0 Å². The normalized spacial score (nSPS) is 13.8. The van der Waals surface area contributed by atoms with Crippen LogP contribution in [0.5, 0.6) is 0 Å². The lowest BCUT2D eigenvalue weighted by atomic mass is 9.99. The van der Waals surface area contributed by atoms with Crippen LogP contribution in [0.3, 0.4) is 0 Å². The number of rotatable bonds is 3. The van der Waals surface area contributed by atoms with Crippen LogP contribution >= 0.6 is 0 Å². The Kier molecular flexibility index (Phi) is 3.06. The van der Waals surface area contributed by atoms with Crippen molar-refractivity contribution < 1.29 is 5.11 Å². The molecule has 1 aromatic rings. The van der Waals surface area contributed by atoms with Crippen LogP contribution in [0.25, 0.3) is 0 Å². The Morgan fingerprint density at radius 3 is 2.43 bits per heavy atom. The molecule has 4 heteroatoms. The number of anilines is 1. The molecule has 14 heavy (non-hydrogen) atoms. The highest BCUT2D eigenvalue weighted by atomic mass is 16.3. The zero-order chi connectivity index (χ0) is 10.8. The van der Waals surface area contributed by atoms with Crippen molar-refractivity contribution in [3.05, 3.63) is 17.8 Å². The number of hydrogen-bond donors (Lipinski definition) is 2. The Balaban J connectivity index is 2.74. The van der Waals surface area contributed by atoms with Crippen molar-refractivity contribution >= 4 is 5.82 Å². The van der Waals surface area contributed by atoms with E-state index in [0.717, 1.165) is 5.69 Å². The van der Waals surface area contributed by atoms with Gasteiger partial charge < -0.3 is 10.4 Å². The monoisotopic (exact) mass is 195 g/mol. The molecule has 1 atom stereocenters. The number of aromatic nitrogens is 2. The highest BCUT2D eigenvalue weighted by Gasteiger charge is 2.23. The van der Waals surface area contributed by atoms with Gasteiger partial charge in [0, 0.05) is 0 Å². The number of aliphatic hydroxyl groups excluding tert-OH is 1. The molecule has 0 aliphatic rings. The summed E-state index contributed by atoms with van der Waals surface area (Å²) in [4.78, 5) is 0. The van der Waals surface area contributed by atoms with Gasteiger partial charge in [0.05, 0.1) is 17.3 Å². The summed E-state index contributed by atoms with van der Waals surface area (Å²) in [5.41, 5.74) is 0.481. The zero-order valence-electron chi connectivity index (χ0n) is 9.07. The van der Waals surface area contributed by atoms with E-state index in [0.29, 0.717) is 5.82 Å². The van der Waals surface area contributed by atoms with E-state index in [9.17, 15) is 5.11 Å². The van der Waals surface area contributed by atoms with Crippen LogP contribution in [0.4, 0.5) is 5.82 Å². The molecule has 0 fully saturated rings. The SMILES string of the molecule is Cc1ccc(NC(C)(C)C(C)O)nn1. The van der Waals surface area contributed by atoms with Crippen molar-refractivity contribution in [3.63, 3.8) is 0 Å². The molecule has 1 aromatic heterocycles. The summed E-state index contributed by atoms with van der Waals surface area (Å²) in [6.07, 6.45) is -0.453. The van der Waals surface area contributed by atoms with E-state index in [-0.39, 0.29) is 0 Å². The van der Waals surface area contributed by atoms with E-state index in [1.165, 1.54) is 0 Å². The maximum absolute atomic E-state index is 9.49. The second-order valence-electron chi connectivity index (χ2n) is 4.08. The van der Waals surface area contributed by atoms with Crippen LogP contribution in [-0.2, 0) is 0 Å². The minimum Gasteiger partial charge on any atom is -0.391 e. The van der Waals surface area contributed by atoms with E-state index in [2.05, 4.69) is 15.5 Å². The zero-order valence-corrected chi connectivity index (χ0v) is 9.07. The quantitative estimate of drug-likeness (QED) is 0.764. The number of aliphatic hydroxyl groups is 1. The topological polar surface area (TPSA) is 58.0 Å². The fraction of sp³-hybridized carbons (Fsp3) is 0.600. The molecule has 0 radical (unpaired) electrons. The molecule has 0 aliphatic carbocycles. The maximum atomic E-state index is 9.49. The highest BCUT2D eigenvalue weighted by Crippen LogP contribution is 2.15. The third kappa shape index (κ3) is 2.67. The third-order valence-electron chi connectivity index (χ3n) is 2.29. The maximum Gasteiger partial charge on any atom is 0.149 e. The fourth-order valence-corrected chi connectivity index (χ4v) is 0.900. The summed E-state index contributed by atoms with van der Waals surface area (Å²) >= 11 is 0. The van der Waals surface area contributed by atoms with Crippen LogP contribution < -0.4 is 5.32 Å². The molecule has 1 unspecified atom stereocenters. The average Bonchev–Trinajstić information content (AvgIpc) is 2.08. The first-order chi connectivity index (χ1) is 6.42. The van der Waals surface area contributed by atoms with E-state index in [1.807, 2.05) is 32.9 Å². The van der Waals surface area contributed by atoms with Gasteiger partial charge in [-0.25, -0.2) is 0 Å². The van der Waals surface area contributed by atoms with Crippen LogP contribution in [0, 0.1) is 6.92 Å². The van der Waals surface area contributed by atoms with Crippen molar-refractivity contribution in [2.24, 2.45) is 0 Å². The van der Waals surface area contributed by atoms with Gasteiger partial charge in [0.15, 0.2) is 0 Å². The predicted molar refractivity (Wildman–Crippen MR) is 56.2 cm³/mol. The second kappa shape index (κ2) is 3.92. The first-order valence-electron chi connectivity index (χ1n) is 4.68. The molecule has 0 bridgehead atoms. The van der Waals surface area contributed by atoms with E-state index < -0.39 is 11.6 Å². The smallest absolute Gasteiger partial charge is 0.149 e. The van der Waals surface area contributed by atoms with Gasteiger partial charge >= 0.3 is 0 Å². The van der Waals surface area contributed by atoms with Crippen molar-refractivity contribution in [2.75, 3.05) is 5.32 Å². The molecule has 78 valence electrons. The minimum absolute atomic E-state index is 0.399. The van der Waals surface area contributed by atoms with Crippen molar-refractivity contribution in [3.8, 4) is 0 Å². The van der Waals surface area contributed by atoms with Crippen molar-refractivity contribution in [1.82, 2.24) is 10.2 Å². The van der Waals surface area contributed by atoms with Crippen LogP contribution in [0.1, 0.15) is 26.5 Å². The Morgan fingerprint density at radius 1 is 1.36 bits per heavy atom. The van der Waals surface area contributed by atoms with Crippen molar-refractivity contribution in [1.29, 1.82) is 0 Å². The Morgan fingerprint density at radius 2 is 2.00 bits per heavy atom. The summed E-state index contributed by atoms with van der Waals surface area (Å²) in [7, 11) is 0. The predicted octanol–water partition coefficient (Wildman–Crippen LogP) is 1.36. The summed E-state index contributed by atoms with van der Waals surface area (Å²) in [5, 5.41) is 20.5. The first kappa shape index (κ1) is 10.9. The van der Waals surface area contributed by atoms with Crippen LogP contribution in [-0.4, -0.2) is 26.9 Å². The number of aryl methyl sites for hydroxylation is 1. The average molecular weight is 195 g/mol. The van der Waals surface area contributed by atoms with Gasteiger partial charge in [0.1, 0.15) is 5.82 Å². The summed E-state index contributed by atoms with van der Waals surface area (Å²) < 4.78 is 0. The molecular weight excluding hydrogens is 178 g/mol. The van der Waals surface area contributed by atoms with Crippen molar-refractivity contribution in [2.45, 2.75) is 39.3 Å². The number of hydrogen-bond acceptors (Lipinski definition) is 4. The molecule has 0 spiro atoms. The lowest BCUT2D eigenvalue weighted by Gasteiger charge is -2.29. The minimum atomic E-state index is -0.453. The van der Waals surface area contributed by atoms with E-state index in [1.54, 1.807) is 6.92 Å². The first-order valence-corrected chi connectivity index (χ1v) is 4.68. The van der Waals surface area contributed by atoms with E-state index >= 15 is 0 Å². The standard InChI is InChI=1S/C10H17N3O/c1-7-5-6-9(13-12-7)11-10(3,4)8(2)14/h5-6,8,14H,1-4H3,(H,11,13). The second-order valence-corrected chi connectivity index (χ2v) is 4.08. The highest BCUT2D eigenvalue weighted by molar-refractivity contribution is 5.36. The largest absolute Gasteiger partial charge is 0.391 e. The molecule has 0 aromatic carbocycles. The third-order valence-corrected chi connectivity index (χ3v) is 2.29. The molecule has 1 rings (SSSR count). The van der Waals surface area contributed by atoms with Gasteiger partial charge in [0.25, 0.3) is 0 Å². The van der Waals surface area contributed by atoms with Crippen LogP contribution in [0.2, 0.25) is 0 Å². The summed E-state index contributed by atoms with van der Waals surface area (Å²) in [5.74, 6) is 0.682. The lowest BCUT2D eigenvalue weighted by Crippen LogP contribution is -2.42. The van der Waals surface area contributed by atoms with Gasteiger partial charge in [-0.1, -0.05) is 0 Å². The molecule has 0 saturated carbocycles. The summed E-state index contributed by atoms with van der Waals surface area (Å²) in [6.45, 7) is 7.46. The lowest BCUT2D eigenvalue weighted by molar-refractivity contribution is 0.133. The Hall–Kier alpha value is -1.16. The number of nitrogens with zero attached hydrogens (tertiary/aromatic N) is 2. The van der Waals surface area contributed by atoms with Gasteiger partial charge in [-0.2, -0.15) is 5.10 Å². The Labute approximate surface area is 84.4 Å². The van der Waals surface area contributed by atoms with Gasteiger partial charge in [-0.3, -0.25) is 0 Å². The Bertz CT molecular complexity index is 293. The van der Waals surface area contributed by atoms with Gasteiger partial charge in [-0.05, 0) is 39.8 Å². The fourth-order valence-electron chi connectivity index (χ4n) is 0.900. The van der Waals surface area contributed by atoms with Gasteiger partial charge in [-0.15, -0.1) is 5.10 Å². The van der Waals surface area contributed by atoms with Crippen LogP contribution in [0.15, 0.2) is 12.1 Å².